The van der Waals surface area contributed by atoms with Crippen LogP contribution in [-0.4, -0.2) is 95.8 Å². The van der Waals surface area contributed by atoms with Gasteiger partial charge in [-0.3, -0.25) is 19.2 Å². The van der Waals surface area contributed by atoms with Crippen molar-refractivity contribution >= 4 is 35.3 Å². The molecule has 1 spiro atoms. The van der Waals surface area contributed by atoms with Gasteiger partial charge in [0.1, 0.15) is 24.0 Å². The lowest BCUT2D eigenvalue weighted by molar-refractivity contribution is -0.144. The van der Waals surface area contributed by atoms with E-state index in [2.05, 4.69) is 21.1 Å². The maximum Gasteiger partial charge on any atom is 0.408 e. The van der Waals surface area contributed by atoms with E-state index in [0.717, 1.165) is 12.8 Å². The summed E-state index contributed by atoms with van der Waals surface area (Å²) < 4.78 is 24.8. The highest BCUT2D eigenvalue weighted by atomic mass is 19.1. The van der Waals surface area contributed by atoms with E-state index in [0.29, 0.717) is 36.3 Å². The third-order valence-electron chi connectivity index (χ3n) is 9.20. The first kappa shape index (κ1) is 35.2. The van der Waals surface area contributed by atoms with Gasteiger partial charge in [-0.2, -0.15) is 0 Å². The molecule has 1 aliphatic carbocycles. The zero-order valence-electron chi connectivity index (χ0n) is 28.2. The Morgan fingerprint density at radius 2 is 1.90 bits per heavy atom. The van der Waals surface area contributed by atoms with Crippen molar-refractivity contribution in [2.24, 2.45) is 10.6 Å². The Labute approximate surface area is 279 Å². The number of benzene rings is 1. The summed E-state index contributed by atoms with van der Waals surface area (Å²) in [6, 6.07) is 1.26. The minimum absolute atomic E-state index is 0.0276. The topological polar surface area (TPSA) is 165 Å². The lowest BCUT2D eigenvalue weighted by Gasteiger charge is -2.35. The van der Waals surface area contributed by atoms with Crippen molar-refractivity contribution in [3.63, 3.8) is 0 Å². The largest absolute Gasteiger partial charge is 0.444 e. The number of ketones is 1. The van der Waals surface area contributed by atoms with Crippen molar-refractivity contribution in [3.05, 3.63) is 35.1 Å². The van der Waals surface area contributed by atoms with Crippen LogP contribution in [0.5, 0.6) is 0 Å². The summed E-state index contributed by atoms with van der Waals surface area (Å²) in [7, 11) is 0. The van der Waals surface area contributed by atoms with Gasteiger partial charge in [-0.25, -0.2) is 9.18 Å². The minimum Gasteiger partial charge on any atom is -0.444 e. The molecule has 1 aromatic carbocycles. The average molecular weight is 672 g/mol. The first-order chi connectivity index (χ1) is 22.7. The maximum atomic E-state index is 14.4. The Balaban J connectivity index is 1.39. The molecule has 3 fully saturated rings. The molecule has 3 heterocycles. The molecule has 0 unspecified atom stereocenters. The second-order valence-electron chi connectivity index (χ2n) is 14.4. The van der Waals surface area contributed by atoms with Gasteiger partial charge in [-0.15, -0.1) is 0 Å². The van der Waals surface area contributed by atoms with Crippen molar-refractivity contribution in [1.82, 2.24) is 20.9 Å². The number of ether oxygens (including phenoxy) is 2. The Kier molecular flexibility index (Phi) is 10.4. The first-order valence-electron chi connectivity index (χ1n) is 16.7. The van der Waals surface area contributed by atoms with Gasteiger partial charge >= 0.3 is 6.09 Å². The maximum absolute atomic E-state index is 14.4. The van der Waals surface area contributed by atoms with Crippen LogP contribution in [0.25, 0.3) is 0 Å². The van der Waals surface area contributed by atoms with Crippen LogP contribution in [0, 0.1) is 18.2 Å². The monoisotopic (exact) mass is 671 g/mol. The second kappa shape index (κ2) is 14.2. The summed E-state index contributed by atoms with van der Waals surface area (Å²) in [5.41, 5.74) is -0.281. The van der Waals surface area contributed by atoms with E-state index in [1.807, 2.05) is 6.92 Å². The number of aryl methyl sites for hydroxylation is 1. The summed E-state index contributed by atoms with van der Waals surface area (Å²) >= 11 is 0. The molecule has 3 N–H and O–H groups in total. The van der Waals surface area contributed by atoms with Gasteiger partial charge in [0.2, 0.25) is 17.6 Å². The van der Waals surface area contributed by atoms with E-state index in [9.17, 15) is 28.4 Å². The molecular formula is C34H46FN5O8. The average Bonchev–Trinajstić information content (AvgIpc) is 3.38. The van der Waals surface area contributed by atoms with Crippen molar-refractivity contribution in [2.45, 2.75) is 115 Å². The number of nitrogens with one attached hydrogen (secondary N) is 3. The number of hydrogen-bond acceptors (Lipinski definition) is 9. The Hall–Kier alpha value is -4.07. The summed E-state index contributed by atoms with van der Waals surface area (Å²) in [5, 5.41) is 12.4. The van der Waals surface area contributed by atoms with Crippen LogP contribution in [0.15, 0.2) is 23.4 Å². The number of alkyl carbamates (subject to hydrolysis) is 1. The van der Waals surface area contributed by atoms with Gasteiger partial charge in [0, 0.05) is 25.3 Å². The van der Waals surface area contributed by atoms with Crippen LogP contribution in [0.4, 0.5) is 9.18 Å². The summed E-state index contributed by atoms with van der Waals surface area (Å²) in [4.78, 5) is 74.5. The van der Waals surface area contributed by atoms with Crippen LogP contribution >= 0.6 is 0 Å². The number of likely N-dealkylation sites (tertiary alicyclic amines) is 1. The normalized spacial score (nSPS) is 24.8. The minimum atomic E-state index is -1.12. The van der Waals surface area contributed by atoms with E-state index >= 15 is 0 Å². The standard InChI is InChI=1S/C34H46FN5O8/c1-6-7-24(27(41)30(43)36-21-9-10-21)37-29(42)26-16-34(15-25(39-48-34)20-8-11-23(35)19(2)14-20)18-40(26)31(44)28(33(3,4)5)38-32(45)47-22-12-13-46-17-22/h8,11,14,21-22,24,26,28H,6-7,9-10,12-13,15-18H2,1-5H3,(H,36,43)(H,37,42)(H,38,45)/t22-,24-,26-,28+,34+/m0/s1. The van der Waals surface area contributed by atoms with Crippen molar-refractivity contribution < 1.29 is 42.7 Å². The van der Waals surface area contributed by atoms with Crippen molar-refractivity contribution in [1.29, 1.82) is 0 Å². The predicted octanol–water partition coefficient (Wildman–Crippen LogP) is 2.66. The fraction of sp³-hybridized carbons (Fsp3) is 0.647. The molecule has 0 bridgehead atoms. The third kappa shape index (κ3) is 8.13. The molecule has 5 rings (SSSR count). The molecule has 13 nitrogen and oxygen atoms in total. The smallest absolute Gasteiger partial charge is 0.408 e. The zero-order valence-corrected chi connectivity index (χ0v) is 28.2. The Bertz CT molecular complexity index is 1470. The number of carbonyl (C=O) groups is 5. The van der Waals surface area contributed by atoms with Crippen molar-refractivity contribution in [2.75, 3.05) is 19.8 Å². The number of carbonyl (C=O) groups excluding carboxylic acids is 5. The lowest BCUT2D eigenvalue weighted by atomic mass is 9.85. The van der Waals surface area contributed by atoms with Crippen LogP contribution in [-0.2, 0) is 33.5 Å². The van der Waals surface area contributed by atoms with E-state index < -0.39 is 64.8 Å². The number of nitrogens with zero attached hydrogens (tertiary/aromatic N) is 2. The summed E-state index contributed by atoms with van der Waals surface area (Å²) in [5.74, 6) is -3.02. The number of Topliss-reactive ketones (excluding diaryl/α,β-unsaturated/α-hetero) is 1. The second-order valence-corrected chi connectivity index (χ2v) is 14.4. The number of hydrogen-bond donors (Lipinski definition) is 3. The molecule has 3 aliphatic heterocycles. The molecule has 4 aliphatic rings. The van der Waals surface area contributed by atoms with Gasteiger partial charge in [-0.05, 0) is 54.9 Å². The number of halogens is 1. The quantitative estimate of drug-likeness (QED) is 0.302. The summed E-state index contributed by atoms with van der Waals surface area (Å²) in [6.07, 6.45) is 1.94. The van der Waals surface area contributed by atoms with Gasteiger partial charge in [0.15, 0.2) is 5.60 Å². The van der Waals surface area contributed by atoms with E-state index in [1.54, 1.807) is 39.8 Å². The lowest BCUT2D eigenvalue weighted by Crippen LogP contribution is -2.59. The van der Waals surface area contributed by atoms with Crippen LogP contribution < -0.4 is 16.0 Å². The fourth-order valence-electron chi connectivity index (χ4n) is 6.30. The van der Waals surface area contributed by atoms with Crippen LogP contribution in [0.3, 0.4) is 0 Å². The zero-order chi connectivity index (χ0) is 34.8. The molecular weight excluding hydrogens is 625 g/mol. The molecule has 14 heteroatoms. The number of rotatable bonds is 11. The van der Waals surface area contributed by atoms with Crippen LogP contribution in [0.1, 0.15) is 83.8 Å². The predicted molar refractivity (Wildman–Crippen MR) is 171 cm³/mol. The van der Waals surface area contributed by atoms with Gasteiger partial charge in [-0.1, -0.05) is 45.3 Å². The molecule has 48 heavy (non-hydrogen) atoms. The first-order valence-corrected chi connectivity index (χ1v) is 16.7. The number of oxime groups is 1. The molecule has 4 amide bonds. The molecule has 0 aromatic heterocycles. The van der Waals surface area contributed by atoms with E-state index in [4.69, 9.17) is 14.3 Å². The van der Waals surface area contributed by atoms with E-state index in [-0.39, 0.29) is 44.3 Å². The van der Waals surface area contributed by atoms with Gasteiger partial charge < -0.3 is 35.2 Å². The number of amides is 4. The van der Waals surface area contributed by atoms with E-state index in [1.165, 1.54) is 11.0 Å². The highest BCUT2D eigenvalue weighted by Crippen LogP contribution is 2.40. The molecule has 2 saturated heterocycles. The third-order valence-corrected chi connectivity index (χ3v) is 9.20. The highest BCUT2D eigenvalue weighted by molar-refractivity contribution is 6.38. The molecule has 262 valence electrons. The fourth-order valence-corrected chi connectivity index (χ4v) is 6.30. The molecule has 5 atom stereocenters. The SMILES string of the molecule is CCC[C@H](NC(=O)[C@@H]1C[C@]2(CC(c3ccc(F)c(C)c3)=NO2)CN1C(=O)[C@@H](NC(=O)O[C@H]1CCOC1)C(C)(C)C)C(=O)C(=O)NC1CC1. The Morgan fingerprint density at radius 1 is 1.15 bits per heavy atom. The molecule has 0 radical (unpaired) electrons. The highest BCUT2D eigenvalue weighted by Gasteiger charge is 2.56. The molecule has 1 saturated carbocycles. The molecule has 1 aromatic rings. The summed E-state index contributed by atoms with van der Waals surface area (Å²) in [6.45, 7) is 9.52. The van der Waals surface area contributed by atoms with Crippen LogP contribution in [0.2, 0.25) is 0 Å². The Morgan fingerprint density at radius 3 is 2.52 bits per heavy atom. The van der Waals surface area contributed by atoms with Gasteiger partial charge in [0.25, 0.3) is 5.91 Å². The van der Waals surface area contributed by atoms with Crippen molar-refractivity contribution in [3.8, 4) is 0 Å². The van der Waals surface area contributed by atoms with Gasteiger partial charge in [0.05, 0.1) is 31.5 Å².